The molecular formula is C16H21NO2S. The highest BCUT2D eigenvalue weighted by atomic mass is 32.1. The summed E-state index contributed by atoms with van der Waals surface area (Å²) in [5.74, 6) is 1.76. The van der Waals surface area contributed by atoms with E-state index in [0.717, 1.165) is 36.6 Å². The van der Waals surface area contributed by atoms with Gasteiger partial charge in [-0.3, -0.25) is 0 Å². The van der Waals surface area contributed by atoms with Crippen LogP contribution >= 0.6 is 11.3 Å². The van der Waals surface area contributed by atoms with Gasteiger partial charge in [0, 0.05) is 23.1 Å². The molecule has 3 nitrogen and oxygen atoms in total. The number of thiophene rings is 1. The van der Waals surface area contributed by atoms with E-state index in [9.17, 15) is 0 Å². The standard InChI is InChI=1S/C16H21NO2S/c1-3-8-18-14-7-6-13(11-17-2)16(10-14)19-12-15-5-4-9-20-15/h4-7,9-10,17H,3,8,11-12H2,1-2H3. The van der Waals surface area contributed by atoms with Gasteiger partial charge in [0.1, 0.15) is 18.1 Å². The number of benzene rings is 1. The predicted molar refractivity (Wildman–Crippen MR) is 83.6 cm³/mol. The van der Waals surface area contributed by atoms with Gasteiger partial charge < -0.3 is 14.8 Å². The Kier molecular flexibility index (Phi) is 5.89. The molecular weight excluding hydrogens is 270 g/mol. The molecule has 1 heterocycles. The van der Waals surface area contributed by atoms with Crippen LogP contribution in [0.5, 0.6) is 11.5 Å². The van der Waals surface area contributed by atoms with Crippen molar-refractivity contribution in [3.63, 3.8) is 0 Å². The first kappa shape index (κ1) is 14.9. The average molecular weight is 291 g/mol. The zero-order valence-electron chi connectivity index (χ0n) is 12.0. The summed E-state index contributed by atoms with van der Waals surface area (Å²) >= 11 is 1.71. The maximum Gasteiger partial charge on any atom is 0.128 e. The molecule has 0 saturated carbocycles. The maximum absolute atomic E-state index is 5.95. The molecule has 0 aliphatic carbocycles. The van der Waals surface area contributed by atoms with Crippen LogP contribution in [0.25, 0.3) is 0 Å². The van der Waals surface area contributed by atoms with Crippen LogP contribution in [0.4, 0.5) is 0 Å². The van der Waals surface area contributed by atoms with Gasteiger partial charge in [0.25, 0.3) is 0 Å². The summed E-state index contributed by atoms with van der Waals surface area (Å²) in [7, 11) is 1.94. The van der Waals surface area contributed by atoms with E-state index >= 15 is 0 Å². The smallest absolute Gasteiger partial charge is 0.128 e. The zero-order valence-corrected chi connectivity index (χ0v) is 12.8. The van der Waals surface area contributed by atoms with Gasteiger partial charge in [0.05, 0.1) is 6.61 Å². The first-order valence-corrected chi connectivity index (χ1v) is 7.77. The molecule has 4 heteroatoms. The van der Waals surface area contributed by atoms with Crippen LogP contribution in [0.1, 0.15) is 23.8 Å². The molecule has 20 heavy (non-hydrogen) atoms. The Morgan fingerprint density at radius 2 is 2.10 bits per heavy atom. The third-order valence-corrected chi connectivity index (χ3v) is 3.68. The summed E-state index contributed by atoms with van der Waals surface area (Å²) in [5.41, 5.74) is 1.15. The monoisotopic (exact) mass is 291 g/mol. The van der Waals surface area contributed by atoms with Crippen molar-refractivity contribution in [1.82, 2.24) is 5.32 Å². The molecule has 0 unspecified atom stereocenters. The number of ether oxygens (including phenoxy) is 2. The number of rotatable bonds is 8. The summed E-state index contributed by atoms with van der Waals surface area (Å²) in [6.45, 7) is 4.22. The highest BCUT2D eigenvalue weighted by Gasteiger charge is 2.06. The molecule has 2 aromatic rings. The molecule has 0 bridgehead atoms. The van der Waals surface area contributed by atoms with Crippen molar-refractivity contribution in [3.05, 3.63) is 46.2 Å². The molecule has 1 N–H and O–H groups in total. The Morgan fingerprint density at radius 3 is 2.80 bits per heavy atom. The molecule has 0 spiro atoms. The van der Waals surface area contributed by atoms with Crippen molar-refractivity contribution in [3.8, 4) is 11.5 Å². The quantitative estimate of drug-likeness (QED) is 0.801. The fourth-order valence-corrected chi connectivity index (χ4v) is 2.48. The Bertz CT molecular complexity index is 511. The third-order valence-electron chi connectivity index (χ3n) is 2.83. The minimum absolute atomic E-state index is 0.603. The van der Waals surface area contributed by atoms with Crippen molar-refractivity contribution in [2.24, 2.45) is 0 Å². The summed E-state index contributed by atoms with van der Waals surface area (Å²) in [6.07, 6.45) is 1.00. The van der Waals surface area contributed by atoms with Crippen LogP contribution in [-0.2, 0) is 13.2 Å². The number of hydrogen-bond acceptors (Lipinski definition) is 4. The molecule has 0 aliphatic rings. The Morgan fingerprint density at radius 1 is 1.20 bits per heavy atom. The summed E-state index contributed by atoms with van der Waals surface area (Å²) in [4.78, 5) is 1.22. The fraction of sp³-hybridized carbons (Fsp3) is 0.375. The van der Waals surface area contributed by atoms with Gasteiger partial charge in [0.15, 0.2) is 0 Å². The van der Waals surface area contributed by atoms with E-state index in [-0.39, 0.29) is 0 Å². The van der Waals surface area contributed by atoms with E-state index in [2.05, 4.69) is 29.8 Å². The topological polar surface area (TPSA) is 30.5 Å². The third kappa shape index (κ3) is 4.25. The minimum atomic E-state index is 0.603. The highest BCUT2D eigenvalue weighted by Crippen LogP contribution is 2.26. The second kappa shape index (κ2) is 7.92. The Hall–Kier alpha value is -1.52. The van der Waals surface area contributed by atoms with E-state index in [4.69, 9.17) is 9.47 Å². The van der Waals surface area contributed by atoms with Gasteiger partial charge in [0.2, 0.25) is 0 Å². The van der Waals surface area contributed by atoms with Gasteiger partial charge in [-0.15, -0.1) is 11.3 Å². The van der Waals surface area contributed by atoms with Gasteiger partial charge in [-0.25, -0.2) is 0 Å². The molecule has 0 radical (unpaired) electrons. The van der Waals surface area contributed by atoms with Crippen LogP contribution < -0.4 is 14.8 Å². The predicted octanol–water partition coefficient (Wildman–Crippen LogP) is 3.84. The highest BCUT2D eigenvalue weighted by molar-refractivity contribution is 7.09. The van der Waals surface area contributed by atoms with Crippen LogP contribution in [0, 0.1) is 0 Å². The number of hydrogen-bond donors (Lipinski definition) is 1. The summed E-state index contributed by atoms with van der Waals surface area (Å²) in [6, 6.07) is 10.2. The summed E-state index contributed by atoms with van der Waals surface area (Å²) < 4.78 is 11.6. The molecule has 1 aromatic heterocycles. The molecule has 0 aliphatic heterocycles. The molecule has 0 saturated heterocycles. The molecule has 0 fully saturated rings. The van der Waals surface area contributed by atoms with Crippen LogP contribution in [0.3, 0.4) is 0 Å². The largest absolute Gasteiger partial charge is 0.493 e. The van der Waals surface area contributed by atoms with Crippen LogP contribution in [0.2, 0.25) is 0 Å². The molecule has 108 valence electrons. The first-order valence-electron chi connectivity index (χ1n) is 6.89. The lowest BCUT2D eigenvalue weighted by molar-refractivity contribution is 0.294. The van der Waals surface area contributed by atoms with Crippen LogP contribution in [-0.4, -0.2) is 13.7 Å². The van der Waals surface area contributed by atoms with Crippen molar-refractivity contribution in [2.45, 2.75) is 26.5 Å². The Balaban J connectivity index is 2.08. The lowest BCUT2D eigenvalue weighted by Gasteiger charge is -2.13. The lowest BCUT2D eigenvalue weighted by Crippen LogP contribution is -2.08. The van der Waals surface area contributed by atoms with E-state index in [1.807, 2.05) is 25.2 Å². The van der Waals surface area contributed by atoms with E-state index in [0.29, 0.717) is 6.61 Å². The van der Waals surface area contributed by atoms with Crippen LogP contribution in [0.15, 0.2) is 35.7 Å². The van der Waals surface area contributed by atoms with Gasteiger partial charge >= 0.3 is 0 Å². The van der Waals surface area contributed by atoms with Gasteiger partial charge in [-0.1, -0.05) is 19.1 Å². The van der Waals surface area contributed by atoms with Crippen molar-refractivity contribution >= 4 is 11.3 Å². The second-order valence-corrected chi connectivity index (χ2v) is 5.55. The average Bonchev–Trinajstić information content (AvgIpc) is 2.98. The van der Waals surface area contributed by atoms with Crippen molar-refractivity contribution < 1.29 is 9.47 Å². The molecule has 0 atom stereocenters. The van der Waals surface area contributed by atoms with Gasteiger partial charge in [-0.05, 0) is 31.0 Å². The zero-order chi connectivity index (χ0) is 14.2. The lowest BCUT2D eigenvalue weighted by atomic mass is 10.2. The van der Waals surface area contributed by atoms with Crippen molar-refractivity contribution in [2.75, 3.05) is 13.7 Å². The minimum Gasteiger partial charge on any atom is -0.493 e. The maximum atomic E-state index is 5.95. The van der Waals surface area contributed by atoms with E-state index in [1.165, 1.54) is 4.88 Å². The molecule has 0 amide bonds. The molecule has 2 rings (SSSR count). The van der Waals surface area contributed by atoms with Crippen molar-refractivity contribution in [1.29, 1.82) is 0 Å². The Labute approximate surface area is 124 Å². The number of nitrogens with one attached hydrogen (secondary N) is 1. The SMILES string of the molecule is CCCOc1ccc(CNC)c(OCc2cccs2)c1. The fourth-order valence-electron chi connectivity index (χ4n) is 1.86. The van der Waals surface area contributed by atoms with Gasteiger partial charge in [-0.2, -0.15) is 0 Å². The molecule has 1 aromatic carbocycles. The second-order valence-electron chi connectivity index (χ2n) is 4.52. The summed E-state index contributed by atoms with van der Waals surface area (Å²) in [5, 5.41) is 5.23. The normalized spacial score (nSPS) is 10.5. The van der Waals surface area contributed by atoms with E-state index < -0.39 is 0 Å². The first-order chi connectivity index (χ1) is 9.83. The van der Waals surface area contributed by atoms with E-state index in [1.54, 1.807) is 11.3 Å².